The molecule has 1 N–H and O–H groups in total. The van der Waals surface area contributed by atoms with Gasteiger partial charge in [-0.15, -0.1) is 0 Å². The fourth-order valence-corrected chi connectivity index (χ4v) is 6.96. The molecule has 1 amide bonds. The molecule has 2 aromatic carbocycles. The Labute approximate surface area is 203 Å². The Bertz CT molecular complexity index is 1230. The lowest BCUT2D eigenvalue weighted by Gasteiger charge is -2.29. The minimum absolute atomic E-state index is 0.0958. The number of piperidine rings is 1. The van der Waals surface area contributed by atoms with E-state index in [0.717, 1.165) is 12.8 Å². The van der Waals surface area contributed by atoms with E-state index in [1.807, 2.05) is 0 Å². The number of anilines is 1. The van der Waals surface area contributed by atoms with Crippen molar-refractivity contribution in [2.75, 3.05) is 31.5 Å². The van der Waals surface area contributed by atoms with Gasteiger partial charge in [0.05, 0.1) is 9.79 Å². The van der Waals surface area contributed by atoms with E-state index >= 15 is 0 Å². The lowest BCUT2D eigenvalue weighted by atomic mass is 10.0. The van der Waals surface area contributed by atoms with Gasteiger partial charge >= 0.3 is 0 Å². The van der Waals surface area contributed by atoms with E-state index in [-0.39, 0.29) is 15.4 Å². The number of amides is 1. The zero-order valence-corrected chi connectivity index (χ0v) is 21.7. The second-order valence-corrected chi connectivity index (χ2v) is 12.5. The van der Waals surface area contributed by atoms with Crippen LogP contribution < -0.4 is 5.32 Å². The third-order valence-electron chi connectivity index (χ3n) is 6.29. The first-order valence-electron chi connectivity index (χ1n) is 11.5. The molecule has 0 spiro atoms. The van der Waals surface area contributed by atoms with Crippen LogP contribution in [0.25, 0.3) is 0 Å². The molecule has 0 bridgehead atoms. The number of carbonyl (C=O) groups is 1. The highest BCUT2D eigenvalue weighted by molar-refractivity contribution is 7.89. The standard InChI is InChI=1S/C24H33N3O5S2/c1-5-26(6-2)33(29,30)21-11-8-20(9-12-21)25-24(28)23-17-22(10-7-19(23)4)34(31,32)27-15-13-18(3)14-16-27/h7-12,17-18H,5-6,13-16H2,1-4H3,(H,25,28). The van der Waals surface area contributed by atoms with Crippen molar-refractivity contribution in [3.05, 3.63) is 53.6 Å². The van der Waals surface area contributed by atoms with Crippen LogP contribution in [0.2, 0.25) is 0 Å². The molecule has 0 unspecified atom stereocenters. The molecule has 186 valence electrons. The molecule has 1 fully saturated rings. The minimum atomic E-state index is -3.68. The number of hydrogen-bond acceptors (Lipinski definition) is 5. The maximum absolute atomic E-state index is 13.1. The van der Waals surface area contributed by atoms with E-state index < -0.39 is 26.0 Å². The Morgan fingerprint density at radius 3 is 2.09 bits per heavy atom. The van der Waals surface area contributed by atoms with Crippen molar-refractivity contribution in [3.8, 4) is 0 Å². The molecule has 1 aliphatic rings. The molecule has 1 heterocycles. The third kappa shape index (κ3) is 5.51. The van der Waals surface area contributed by atoms with Gasteiger partial charge in [0.15, 0.2) is 0 Å². The predicted molar refractivity (Wildman–Crippen MR) is 133 cm³/mol. The van der Waals surface area contributed by atoms with Gasteiger partial charge in [-0.2, -0.15) is 8.61 Å². The molecule has 8 nitrogen and oxygen atoms in total. The average molecular weight is 508 g/mol. The van der Waals surface area contributed by atoms with E-state index in [9.17, 15) is 21.6 Å². The summed E-state index contributed by atoms with van der Waals surface area (Å²) in [5.74, 6) is 0.0420. The summed E-state index contributed by atoms with van der Waals surface area (Å²) >= 11 is 0. The summed E-state index contributed by atoms with van der Waals surface area (Å²) in [7, 11) is -7.28. The van der Waals surface area contributed by atoms with Gasteiger partial charge in [-0.1, -0.05) is 26.8 Å². The molecule has 0 aliphatic carbocycles. The molecule has 0 radical (unpaired) electrons. The van der Waals surface area contributed by atoms with Crippen molar-refractivity contribution in [3.63, 3.8) is 0 Å². The second kappa shape index (κ2) is 10.6. The number of hydrogen-bond donors (Lipinski definition) is 1. The van der Waals surface area contributed by atoms with Crippen molar-refractivity contribution in [1.29, 1.82) is 0 Å². The van der Waals surface area contributed by atoms with Crippen LogP contribution in [-0.2, 0) is 20.0 Å². The van der Waals surface area contributed by atoms with Crippen molar-refractivity contribution in [1.82, 2.24) is 8.61 Å². The van der Waals surface area contributed by atoms with Crippen LogP contribution in [0.3, 0.4) is 0 Å². The quantitative estimate of drug-likeness (QED) is 0.587. The van der Waals surface area contributed by atoms with Crippen LogP contribution in [-0.4, -0.2) is 57.5 Å². The summed E-state index contributed by atoms with van der Waals surface area (Å²) in [6, 6.07) is 10.5. The first-order chi connectivity index (χ1) is 16.0. The average Bonchev–Trinajstić information content (AvgIpc) is 2.80. The molecular weight excluding hydrogens is 474 g/mol. The Balaban J connectivity index is 1.80. The van der Waals surface area contributed by atoms with E-state index in [1.54, 1.807) is 26.8 Å². The third-order valence-corrected chi connectivity index (χ3v) is 10.2. The van der Waals surface area contributed by atoms with Crippen LogP contribution in [0.5, 0.6) is 0 Å². The summed E-state index contributed by atoms with van der Waals surface area (Å²) < 4.78 is 54.4. The van der Waals surface area contributed by atoms with E-state index in [0.29, 0.717) is 43.3 Å². The van der Waals surface area contributed by atoms with E-state index in [1.165, 1.54) is 45.0 Å². The Hall–Kier alpha value is -2.27. The number of aryl methyl sites for hydroxylation is 1. The van der Waals surface area contributed by atoms with Crippen LogP contribution >= 0.6 is 0 Å². The topological polar surface area (TPSA) is 104 Å². The molecule has 0 saturated carbocycles. The second-order valence-electron chi connectivity index (χ2n) is 8.63. The Morgan fingerprint density at radius 1 is 0.971 bits per heavy atom. The first kappa shape index (κ1) is 26.3. The zero-order valence-electron chi connectivity index (χ0n) is 20.1. The normalized spacial score (nSPS) is 16.0. The van der Waals surface area contributed by atoms with Gasteiger partial charge in [0.25, 0.3) is 5.91 Å². The molecule has 2 aromatic rings. The monoisotopic (exact) mass is 507 g/mol. The Kier molecular flexibility index (Phi) is 8.18. The Morgan fingerprint density at radius 2 is 1.53 bits per heavy atom. The smallest absolute Gasteiger partial charge is 0.255 e. The number of benzene rings is 2. The molecule has 1 aliphatic heterocycles. The fourth-order valence-electron chi connectivity index (χ4n) is 4.00. The highest BCUT2D eigenvalue weighted by Gasteiger charge is 2.29. The number of nitrogens with zero attached hydrogens (tertiary/aromatic N) is 2. The first-order valence-corrected chi connectivity index (χ1v) is 14.4. The van der Waals surface area contributed by atoms with Crippen LogP contribution in [0.15, 0.2) is 52.3 Å². The summed E-state index contributed by atoms with van der Waals surface area (Å²) in [6.45, 7) is 9.09. The zero-order chi connectivity index (χ0) is 25.1. The van der Waals surface area contributed by atoms with Crippen molar-refractivity contribution in [2.45, 2.75) is 50.3 Å². The number of sulfonamides is 2. The lowest BCUT2D eigenvalue weighted by Crippen LogP contribution is -2.38. The fraction of sp³-hybridized carbons (Fsp3) is 0.458. The number of carbonyl (C=O) groups excluding carboxylic acids is 1. The van der Waals surface area contributed by atoms with Crippen LogP contribution in [0.1, 0.15) is 49.5 Å². The van der Waals surface area contributed by atoms with Gasteiger partial charge in [0, 0.05) is 37.4 Å². The van der Waals surface area contributed by atoms with Gasteiger partial charge in [-0.3, -0.25) is 4.79 Å². The van der Waals surface area contributed by atoms with E-state index in [4.69, 9.17) is 0 Å². The summed E-state index contributed by atoms with van der Waals surface area (Å²) in [4.78, 5) is 13.2. The maximum Gasteiger partial charge on any atom is 0.255 e. The summed E-state index contributed by atoms with van der Waals surface area (Å²) in [6.07, 6.45) is 1.64. The van der Waals surface area contributed by atoms with Crippen molar-refractivity contribution >= 4 is 31.6 Å². The molecule has 3 rings (SSSR count). The molecule has 0 atom stereocenters. The van der Waals surface area contributed by atoms with Gasteiger partial charge in [0.1, 0.15) is 0 Å². The van der Waals surface area contributed by atoms with Crippen LogP contribution in [0.4, 0.5) is 5.69 Å². The van der Waals surface area contributed by atoms with Crippen molar-refractivity contribution in [2.24, 2.45) is 5.92 Å². The molecular formula is C24H33N3O5S2. The summed E-state index contributed by atoms with van der Waals surface area (Å²) in [5.41, 5.74) is 1.32. The molecule has 10 heteroatoms. The van der Waals surface area contributed by atoms with Gasteiger partial charge in [-0.25, -0.2) is 16.8 Å². The van der Waals surface area contributed by atoms with Crippen LogP contribution in [0, 0.1) is 12.8 Å². The highest BCUT2D eigenvalue weighted by Crippen LogP contribution is 2.26. The van der Waals surface area contributed by atoms with Gasteiger partial charge in [-0.05, 0) is 67.6 Å². The summed E-state index contributed by atoms with van der Waals surface area (Å²) in [5, 5.41) is 2.74. The van der Waals surface area contributed by atoms with Gasteiger partial charge < -0.3 is 5.32 Å². The molecule has 0 aromatic heterocycles. The number of nitrogens with one attached hydrogen (secondary N) is 1. The molecule has 1 saturated heterocycles. The highest BCUT2D eigenvalue weighted by atomic mass is 32.2. The van der Waals surface area contributed by atoms with E-state index in [2.05, 4.69) is 12.2 Å². The SMILES string of the molecule is CCN(CC)S(=O)(=O)c1ccc(NC(=O)c2cc(S(=O)(=O)N3CCC(C)CC3)ccc2C)cc1. The lowest BCUT2D eigenvalue weighted by molar-refractivity contribution is 0.102. The minimum Gasteiger partial charge on any atom is -0.322 e. The predicted octanol–water partition coefficient (Wildman–Crippen LogP) is 3.70. The van der Waals surface area contributed by atoms with Crippen molar-refractivity contribution < 1.29 is 21.6 Å². The van der Waals surface area contributed by atoms with Gasteiger partial charge in [0.2, 0.25) is 20.0 Å². The molecule has 34 heavy (non-hydrogen) atoms. The number of rotatable bonds is 8. The maximum atomic E-state index is 13.1. The largest absolute Gasteiger partial charge is 0.322 e.